The second kappa shape index (κ2) is 6.81. The van der Waals surface area contributed by atoms with Crippen molar-refractivity contribution in [3.8, 4) is 0 Å². The van der Waals surface area contributed by atoms with Crippen LogP contribution in [0.5, 0.6) is 0 Å². The predicted octanol–water partition coefficient (Wildman–Crippen LogP) is 1.96. The van der Waals surface area contributed by atoms with Crippen molar-refractivity contribution < 1.29 is 14.3 Å². The van der Waals surface area contributed by atoms with Gasteiger partial charge in [-0.1, -0.05) is 30.3 Å². The van der Waals surface area contributed by atoms with Crippen LogP contribution in [0.15, 0.2) is 41.2 Å². The van der Waals surface area contributed by atoms with E-state index in [2.05, 4.69) is 9.72 Å². The van der Waals surface area contributed by atoms with Crippen LogP contribution in [0.25, 0.3) is 0 Å². The van der Waals surface area contributed by atoms with E-state index in [4.69, 9.17) is 0 Å². The van der Waals surface area contributed by atoms with Gasteiger partial charge in [0.15, 0.2) is 0 Å². The molecule has 0 N–H and O–H groups in total. The minimum atomic E-state index is -0.454. The Labute approximate surface area is 120 Å². The summed E-state index contributed by atoms with van der Waals surface area (Å²) in [5.41, 5.74) is 2.88. The lowest BCUT2D eigenvalue weighted by atomic mass is 10.2. The van der Waals surface area contributed by atoms with E-state index in [0.29, 0.717) is 12.2 Å². The van der Waals surface area contributed by atoms with E-state index < -0.39 is 5.97 Å². The number of aromatic nitrogens is 1. The molecule has 6 heteroatoms. The largest absolute Gasteiger partial charge is 0.468 e. The molecule has 0 bridgehead atoms. The zero-order chi connectivity index (χ0) is 14.4. The number of esters is 1. The summed E-state index contributed by atoms with van der Waals surface area (Å²) in [6.07, 6.45) is 0. The Hall–Kier alpha value is -2.21. The molecule has 0 spiro atoms. The highest BCUT2D eigenvalue weighted by Gasteiger charge is 2.20. The number of thiazole rings is 1. The summed E-state index contributed by atoms with van der Waals surface area (Å²) in [5.74, 6) is -0.731. The van der Waals surface area contributed by atoms with Crippen molar-refractivity contribution in [1.29, 1.82) is 0 Å². The minimum absolute atomic E-state index is 0.0955. The number of ether oxygens (including phenoxy) is 1. The maximum Gasteiger partial charge on any atom is 0.325 e. The molecule has 20 heavy (non-hydrogen) atoms. The molecule has 0 radical (unpaired) electrons. The quantitative estimate of drug-likeness (QED) is 0.790. The van der Waals surface area contributed by atoms with Crippen molar-refractivity contribution in [2.45, 2.75) is 6.54 Å². The van der Waals surface area contributed by atoms with Crippen molar-refractivity contribution >= 4 is 23.2 Å². The van der Waals surface area contributed by atoms with Gasteiger partial charge in [0.25, 0.3) is 5.91 Å². The number of carbonyl (C=O) groups is 2. The SMILES string of the molecule is COC(=O)CN(Cc1ccccc1)C(=O)c1cscn1. The monoisotopic (exact) mass is 290 g/mol. The number of rotatable bonds is 5. The average Bonchev–Trinajstić information content (AvgIpc) is 3.01. The fourth-order valence-corrected chi connectivity index (χ4v) is 2.23. The van der Waals surface area contributed by atoms with Crippen LogP contribution in [-0.2, 0) is 16.1 Å². The van der Waals surface area contributed by atoms with Gasteiger partial charge in [-0.15, -0.1) is 11.3 Å². The van der Waals surface area contributed by atoms with Crippen LogP contribution in [-0.4, -0.2) is 35.4 Å². The Balaban J connectivity index is 2.16. The second-order valence-electron chi connectivity index (χ2n) is 4.10. The first-order valence-electron chi connectivity index (χ1n) is 5.99. The van der Waals surface area contributed by atoms with E-state index in [1.54, 1.807) is 10.9 Å². The van der Waals surface area contributed by atoms with Crippen LogP contribution in [0, 0.1) is 0 Å². The molecule has 0 aliphatic heterocycles. The normalized spacial score (nSPS) is 10.1. The number of amides is 1. The number of methoxy groups -OCH3 is 1. The molecular formula is C14H14N2O3S. The van der Waals surface area contributed by atoms with Gasteiger partial charge in [0.05, 0.1) is 12.6 Å². The van der Waals surface area contributed by atoms with E-state index in [-0.39, 0.29) is 12.5 Å². The van der Waals surface area contributed by atoms with E-state index in [1.807, 2.05) is 30.3 Å². The Morgan fingerprint density at radius 1 is 1.30 bits per heavy atom. The zero-order valence-electron chi connectivity index (χ0n) is 11.0. The first kappa shape index (κ1) is 14.2. The van der Waals surface area contributed by atoms with Crippen LogP contribution >= 0.6 is 11.3 Å². The molecule has 1 amide bonds. The fraction of sp³-hybridized carbons (Fsp3) is 0.214. The van der Waals surface area contributed by atoms with Crippen LogP contribution in [0.4, 0.5) is 0 Å². The third-order valence-electron chi connectivity index (χ3n) is 2.70. The molecular weight excluding hydrogens is 276 g/mol. The second-order valence-corrected chi connectivity index (χ2v) is 4.82. The molecule has 1 aromatic carbocycles. The molecule has 1 heterocycles. The van der Waals surface area contributed by atoms with Gasteiger partial charge in [0, 0.05) is 11.9 Å². The first-order chi connectivity index (χ1) is 9.70. The Bertz CT molecular complexity index is 569. The molecule has 0 saturated carbocycles. The number of benzene rings is 1. The van der Waals surface area contributed by atoms with Crippen molar-refractivity contribution in [1.82, 2.24) is 9.88 Å². The van der Waals surface area contributed by atoms with Gasteiger partial charge in [-0.2, -0.15) is 0 Å². The van der Waals surface area contributed by atoms with Crippen LogP contribution in [0.2, 0.25) is 0 Å². The van der Waals surface area contributed by atoms with E-state index in [0.717, 1.165) is 5.56 Å². The summed E-state index contributed by atoms with van der Waals surface area (Å²) in [4.78, 5) is 29.2. The lowest BCUT2D eigenvalue weighted by Gasteiger charge is -2.20. The molecule has 0 saturated heterocycles. The van der Waals surface area contributed by atoms with Gasteiger partial charge in [-0.05, 0) is 5.56 Å². The molecule has 2 aromatic rings. The van der Waals surface area contributed by atoms with Crippen LogP contribution in [0.1, 0.15) is 16.1 Å². The fourth-order valence-electron chi connectivity index (χ4n) is 1.70. The topological polar surface area (TPSA) is 59.5 Å². The van der Waals surface area contributed by atoms with E-state index in [1.165, 1.54) is 23.3 Å². The predicted molar refractivity (Wildman–Crippen MR) is 75.3 cm³/mol. The number of hydrogen-bond acceptors (Lipinski definition) is 5. The molecule has 1 aromatic heterocycles. The summed E-state index contributed by atoms with van der Waals surface area (Å²) < 4.78 is 4.64. The molecule has 0 aliphatic carbocycles. The molecule has 5 nitrogen and oxygen atoms in total. The highest BCUT2D eigenvalue weighted by molar-refractivity contribution is 7.07. The third-order valence-corrected chi connectivity index (χ3v) is 3.29. The maximum atomic E-state index is 12.3. The smallest absolute Gasteiger partial charge is 0.325 e. The summed E-state index contributed by atoms with van der Waals surface area (Å²) in [6.45, 7) is 0.244. The molecule has 104 valence electrons. The van der Waals surface area contributed by atoms with Gasteiger partial charge >= 0.3 is 5.97 Å². The first-order valence-corrected chi connectivity index (χ1v) is 6.93. The lowest BCUT2D eigenvalue weighted by Crippen LogP contribution is -2.35. The highest BCUT2D eigenvalue weighted by Crippen LogP contribution is 2.10. The molecule has 2 rings (SSSR count). The van der Waals surface area contributed by atoms with E-state index >= 15 is 0 Å². The van der Waals surface area contributed by atoms with Gasteiger partial charge < -0.3 is 9.64 Å². The number of carbonyl (C=O) groups excluding carboxylic acids is 2. The van der Waals surface area contributed by atoms with E-state index in [9.17, 15) is 9.59 Å². The van der Waals surface area contributed by atoms with Gasteiger partial charge in [-0.3, -0.25) is 9.59 Å². The number of nitrogens with zero attached hydrogens (tertiary/aromatic N) is 2. The Morgan fingerprint density at radius 2 is 2.05 bits per heavy atom. The Morgan fingerprint density at radius 3 is 2.65 bits per heavy atom. The highest BCUT2D eigenvalue weighted by atomic mass is 32.1. The lowest BCUT2D eigenvalue weighted by molar-refractivity contribution is -0.141. The summed E-state index contributed by atoms with van der Waals surface area (Å²) in [5, 5.41) is 1.66. The summed E-state index contributed by atoms with van der Waals surface area (Å²) >= 11 is 1.34. The molecule has 0 aliphatic rings. The third kappa shape index (κ3) is 3.64. The number of hydrogen-bond donors (Lipinski definition) is 0. The van der Waals surface area contributed by atoms with Gasteiger partial charge in [0.1, 0.15) is 12.2 Å². The van der Waals surface area contributed by atoms with Crippen molar-refractivity contribution in [3.05, 3.63) is 52.5 Å². The van der Waals surface area contributed by atoms with Crippen LogP contribution in [0.3, 0.4) is 0 Å². The standard InChI is InChI=1S/C14H14N2O3S/c1-19-13(17)8-16(7-11-5-3-2-4-6-11)14(18)12-9-20-10-15-12/h2-6,9-10H,7-8H2,1H3. The van der Waals surface area contributed by atoms with Crippen molar-refractivity contribution in [2.24, 2.45) is 0 Å². The summed E-state index contributed by atoms with van der Waals surface area (Å²) in [7, 11) is 1.30. The van der Waals surface area contributed by atoms with Crippen molar-refractivity contribution in [3.63, 3.8) is 0 Å². The molecule has 0 atom stereocenters. The van der Waals surface area contributed by atoms with Crippen LogP contribution < -0.4 is 0 Å². The molecule has 0 fully saturated rings. The van der Waals surface area contributed by atoms with Gasteiger partial charge in [0.2, 0.25) is 0 Å². The summed E-state index contributed by atoms with van der Waals surface area (Å²) in [6, 6.07) is 9.48. The van der Waals surface area contributed by atoms with Gasteiger partial charge in [-0.25, -0.2) is 4.98 Å². The average molecular weight is 290 g/mol. The maximum absolute atomic E-state index is 12.3. The minimum Gasteiger partial charge on any atom is -0.468 e. The van der Waals surface area contributed by atoms with Crippen molar-refractivity contribution in [2.75, 3.05) is 13.7 Å². The zero-order valence-corrected chi connectivity index (χ0v) is 11.8. The molecule has 0 unspecified atom stereocenters. The Kier molecular flexibility index (Phi) is 4.84.